The maximum atomic E-state index is 12.4. The minimum atomic E-state index is -0.480. The number of rotatable bonds is 6. The summed E-state index contributed by atoms with van der Waals surface area (Å²) in [7, 11) is 0. The summed E-state index contributed by atoms with van der Waals surface area (Å²) in [5, 5.41) is 19.3. The first-order valence-electron chi connectivity index (χ1n) is 11.3. The number of anilines is 2. The molecular weight excluding hydrogens is 400 g/mol. The first-order chi connectivity index (χ1) is 14.7. The van der Waals surface area contributed by atoms with Crippen molar-refractivity contribution >= 4 is 22.5 Å². The Hall–Kier alpha value is -2.00. The molecule has 30 heavy (non-hydrogen) atoms. The van der Waals surface area contributed by atoms with Crippen molar-refractivity contribution in [1.29, 1.82) is 0 Å². The van der Waals surface area contributed by atoms with Gasteiger partial charge in [0.25, 0.3) is 5.56 Å². The van der Waals surface area contributed by atoms with Gasteiger partial charge in [-0.05, 0) is 57.4 Å². The monoisotopic (exact) mass is 430 g/mol. The molecule has 2 saturated carbocycles. The molecule has 0 aromatic carbocycles. The van der Waals surface area contributed by atoms with Crippen molar-refractivity contribution in [2.75, 3.05) is 23.3 Å². The maximum absolute atomic E-state index is 12.4. The molecule has 3 heterocycles. The van der Waals surface area contributed by atoms with E-state index in [4.69, 9.17) is 5.10 Å². The number of nitrogens with zero attached hydrogens (tertiary/aromatic N) is 5. The van der Waals surface area contributed by atoms with E-state index in [0.29, 0.717) is 12.0 Å². The van der Waals surface area contributed by atoms with Crippen LogP contribution in [0.15, 0.2) is 16.9 Å². The summed E-state index contributed by atoms with van der Waals surface area (Å²) in [6.45, 7) is 1.71. The van der Waals surface area contributed by atoms with E-state index >= 15 is 0 Å². The zero-order valence-corrected chi connectivity index (χ0v) is 18.1. The van der Waals surface area contributed by atoms with Crippen molar-refractivity contribution in [3.8, 4) is 0 Å². The van der Waals surface area contributed by atoms with Crippen molar-refractivity contribution < 1.29 is 5.11 Å². The summed E-state index contributed by atoms with van der Waals surface area (Å²) >= 11 is 1.45. The third-order valence-corrected chi connectivity index (χ3v) is 7.58. The summed E-state index contributed by atoms with van der Waals surface area (Å²) in [5.41, 5.74) is -0.131. The average molecular weight is 431 g/mol. The van der Waals surface area contributed by atoms with E-state index in [2.05, 4.69) is 19.6 Å². The number of hydrogen-bond acceptors (Lipinski definition) is 8. The topological polar surface area (TPSA) is 96.2 Å². The first-order valence-corrected chi connectivity index (χ1v) is 12.1. The predicted octanol–water partition coefficient (Wildman–Crippen LogP) is 2.92. The maximum Gasteiger partial charge on any atom is 0.267 e. The first kappa shape index (κ1) is 19.9. The Balaban J connectivity index is 1.30. The number of nitrogens with one attached hydrogen (secondary N) is 1. The lowest BCUT2D eigenvalue weighted by Crippen LogP contribution is -2.45. The molecule has 3 unspecified atom stereocenters. The number of hydrogen-bond donors (Lipinski definition) is 2. The molecule has 1 aliphatic heterocycles. The van der Waals surface area contributed by atoms with Crippen LogP contribution in [-0.4, -0.2) is 49.5 Å². The van der Waals surface area contributed by atoms with Gasteiger partial charge < -0.3 is 15.3 Å². The van der Waals surface area contributed by atoms with Gasteiger partial charge in [0.05, 0.1) is 12.1 Å². The summed E-state index contributed by atoms with van der Waals surface area (Å²) in [4.78, 5) is 19.4. The van der Waals surface area contributed by atoms with Gasteiger partial charge in [-0.25, -0.2) is 9.67 Å². The van der Waals surface area contributed by atoms with Crippen LogP contribution in [0.3, 0.4) is 0 Å². The van der Waals surface area contributed by atoms with Crippen LogP contribution in [0.1, 0.15) is 75.6 Å². The van der Waals surface area contributed by atoms with E-state index in [1.54, 1.807) is 6.07 Å². The van der Waals surface area contributed by atoms with Crippen LogP contribution in [0.2, 0.25) is 0 Å². The Morgan fingerprint density at radius 3 is 2.73 bits per heavy atom. The Labute approximate surface area is 180 Å². The van der Waals surface area contributed by atoms with Gasteiger partial charge in [0.1, 0.15) is 11.6 Å². The van der Waals surface area contributed by atoms with Crippen molar-refractivity contribution in [2.24, 2.45) is 0 Å². The van der Waals surface area contributed by atoms with E-state index in [-0.39, 0.29) is 11.6 Å². The molecular formula is C21H30N6O2S. The van der Waals surface area contributed by atoms with Gasteiger partial charge in [-0.15, -0.1) is 0 Å². The zero-order chi connectivity index (χ0) is 20.5. The number of aromatic nitrogens is 4. The Kier molecular flexibility index (Phi) is 5.73. The molecule has 0 radical (unpaired) electrons. The van der Waals surface area contributed by atoms with E-state index < -0.39 is 6.10 Å². The van der Waals surface area contributed by atoms with E-state index in [9.17, 15) is 9.90 Å². The highest BCUT2D eigenvalue weighted by Crippen LogP contribution is 2.36. The minimum Gasteiger partial charge on any atom is -0.391 e. The number of aliphatic hydroxyl groups is 1. The second kappa shape index (κ2) is 8.63. The van der Waals surface area contributed by atoms with Gasteiger partial charge in [-0.1, -0.05) is 6.42 Å². The summed E-state index contributed by atoms with van der Waals surface area (Å²) in [6.07, 6.45) is 9.10. The molecule has 162 valence electrons. The van der Waals surface area contributed by atoms with Gasteiger partial charge in [0.2, 0.25) is 5.13 Å². The fourth-order valence-corrected chi connectivity index (χ4v) is 5.52. The molecule has 3 aliphatic rings. The third-order valence-electron chi connectivity index (χ3n) is 6.89. The second-order valence-electron chi connectivity index (χ2n) is 8.85. The van der Waals surface area contributed by atoms with Gasteiger partial charge in [0.15, 0.2) is 0 Å². The van der Waals surface area contributed by atoms with Crippen LogP contribution in [0, 0.1) is 0 Å². The van der Waals surface area contributed by atoms with Crippen LogP contribution in [-0.2, 0) is 0 Å². The molecule has 1 saturated heterocycles. The van der Waals surface area contributed by atoms with Crippen LogP contribution in [0.5, 0.6) is 0 Å². The summed E-state index contributed by atoms with van der Waals surface area (Å²) in [6, 6.07) is 3.52. The highest BCUT2D eigenvalue weighted by atomic mass is 32.1. The molecule has 2 aromatic heterocycles. The highest BCUT2D eigenvalue weighted by molar-refractivity contribution is 7.09. The van der Waals surface area contributed by atoms with Gasteiger partial charge in [0, 0.05) is 42.6 Å². The molecule has 3 fully saturated rings. The van der Waals surface area contributed by atoms with Crippen molar-refractivity contribution in [1.82, 2.24) is 19.1 Å². The molecule has 0 amide bonds. The Morgan fingerprint density at radius 1 is 1.10 bits per heavy atom. The minimum absolute atomic E-state index is 0.131. The number of piperidine rings is 1. The molecule has 2 aliphatic carbocycles. The Bertz CT molecular complexity index is 926. The smallest absolute Gasteiger partial charge is 0.267 e. The van der Waals surface area contributed by atoms with E-state index in [0.717, 1.165) is 62.0 Å². The number of aliphatic hydroxyl groups excluding tert-OH is 1. The molecule has 8 nitrogen and oxygen atoms in total. The normalized spacial score (nSPS) is 27.2. The van der Waals surface area contributed by atoms with Crippen molar-refractivity contribution in [3.05, 3.63) is 28.3 Å². The quantitative estimate of drug-likeness (QED) is 0.727. The van der Waals surface area contributed by atoms with Gasteiger partial charge >= 0.3 is 0 Å². The third kappa shape index (κ3) is 3.97. The van der Waals surface area contributed by atoms with Crippen LogP contribution in [0.4, 0.5) is 10.9 Å². The highest BCUT2D eigenvalue weighted by Gasteiger charge is 2.30. The van der Waals surface area contributed by atoms with Crippen molar-refractivity contribution in [3.63, 3.8) is 0 Å². The standard InChI is InChI=1S/C21H30N6O2S/c28-17-9-4-8-16(17)27-19(29)11-10-18(24-27)26-12-2-1-7-15(26)13-22-21-23-20(25-30-21)14-5-3-6-14/h10-11,14-17,28H,1-9,12-13H2,(H,22,23,25). The van der Waals surface area contributed by atoms with Crippen LogP contribution < -0.4 is 15.8 Å². The zero-order valence-electron chi connectivity index (χ0n) is 17.2. The Morgan fingerprint density at radius 2 is 1.97 bits per heavy atom. The lowest BCUT2D eigenvalue weighted by atomic mass is 9.85. The second-order valence-corrected chi connectivity index (χ2v) is 9.60. The lowest BCUT2D eigenvalue weighted by molar-refractivity contribution is 0.127. The SMILES string of the molecule is O=c1ccc(N2CCCCC2CNc2nc(C3CCC3)ns2)nn1C1CCCC1O. The predicted molar refractivity (Wildman–Crippen MR) is 117 cm³/mol. The molecule has 2 aromatic rings. The summed E-state index contributed by atoms with van der Waals surface area (Å²) in [5.74, 6) is 2.38. The largest absolute Gasteiger partial charge is 0.391 e. The van der Waals surface area contributed by atoms with Gasteiger partial charge in [-0.3, -0.25) is 4.79 Å². The molecule has 2 N–H and O–H groups in total. The van der Waals surface area contributed by atoms with Gasteiger partial charge in [-0.2, -0.15) is 9.47 Å². The average Bonchev–Trinajstić information content (AvgIpc) is 3.35. The summed E-state index contributed by atoms with van der Waals surface area (Å²) < 4.78 is 6.05. The van der Waals surface area contributed by atoms with Crippen LogP contribution in [0.25, 0.3) is 0 Å². The van der Waals surface area contributed by atoms with E-state index in [1.807, 2.05) is 6.07 Å². The fraction of sp³-hybridized carbons (Fsp3) is 0.714. The molecule has 9 heteroatoms. The molecule has 0 bridgehead atoms. The lowest BCUT2D eigenvalue weighted by Gasteiger charge is -2.37. The molecule has 5 rings (SSSR count). The molecule has 3 atom stereocenters. The van der Waals surface area contributed by atoms with E-state index in [1.165, 1.54) is 41.9 Å². The fourth-order valence-electron chi connectivity index (χ4n) is 4.87. The van der Waals surface area contributed by atoms with Crippen molar-refractivity contribution in [2.45, 2.75) is 81.9 Å². The van der Waals surface area contributed by atoms with Crippen LogP contribution >= 0.6 is 11.5 Å². The molecule has 0 spiro atoms.